The molecule has 1 aliphatic heterocycles. The Kier molecular flexibility index (Phi) is 9.86. The van der Waals surface area contributed by atoms with Gasteiger partial charge >= 0.3 is 0 Å². The molecule has 4 aromatic carbocycles. The number of thioether (sulfide) groups is 1. The van der Waals surface area contributed by atoms with Crippen LogP contribution in [-0.2, 0) is 14.4 Å². The van der Waals surface area contributed by atoms with Crippen LogP contribution in [0.4, 0.5) is 11.4 Å². The van der Waals surface area contributed by atoms with Gasteiger partial charge in [0.15, 0.2) is 0 Å². The van der Waals surface area contributed by atoms with Crippen molar-refractivity contribution in [3.8, 4) is 11.5 Å². The van der Waals surface area contributed by atoms with Crippen LogP contribution in [0, 0.1) is 0 Å². The maximum absolute atomic E-state index is 13.5. The van der Waals surface area contributed by atoms with Gasteiger partial charge in [-0.05, 0) is 78.9 Å². The molecule has 1 fully saturated rings. The molecule has 4 aromatic rings. The van der Waals surface area contributed by atoms with Crippen LogP contribution in [0.25, 0.3) is 6.08 Å². The normalized spacial score (nSPS) is 14.7. The molecule has 1 aliphatic rings. The van der Waals surface area contributed by atoms with Gasteiger partial charge in [0, 0.05) is 39.2 Å². The van der Waals surface area contributed by atoms with Crippen LogP contribution in [0.2, 0.25) is 5.02 Å². The zero-order chi connectivity index (χ0) is 31.9. The number of hydrogen-bond acceptors (Lipinski definition) is 7. The average molecular weight is 642 g/mol. The van der Waals surface area contributed by atoms with E-state index < -0.39 is 17.1 Å². The first kappa shape index (κ1) is 31.4. The summed E-state index contributed by atoms with van der Waals surface area (Å²) in [5.74, 6) is -0.587. The predicted molar refractivity (Wildman–Crippen MR) is 175 cm³/mol. The lowest BCUT2D eigenvalue weighted by atomic mass is 10.1. The number of anilines is 2. The molecule has 1 saturated heterocycles. The van der Waals surface area contributed by atoms with Gasteiger partial charge in [-0.3, -0.25) is 19.2 Å². The Morgan fingerprint density at radius 3 is 2.29 bits per heavy atom. The van der Waals surface area contributed by atoms with E-state index in [4.69, 9.17) is 21.1 Å². The number of imide groups is 1. The first-order valence-electron chi connectivity index (χ1n) is 13.8. The van der Waals surface area contributed by atoms with Crippen molar-refractivity contribution in [3.05, 3.63) is 119 Å². The number of carbonyl (C=O) groups excluding carboxylic acids is 4. The SMILES string of the molecule is COc1ccc(/C=C(\NC(=O)c2ccccc2)C(=O)Nc2ccc(SC3CC(=O)N(c4ccc(Cl)cc4)C3=O)cc2)c(OC)c1. The van der Waals surface area contributed by atoms with Crippen LogP contribution in [0.5, 0.6) is 11.5 Å². The molecule has 0 spiro atoms. The molecule has 1 heterocycles. The molecule has 228 valence electrons. The van der Waals surface area contributed by atoms with Crippen molar-refractivity contribution in [2.45, 2.75) is 16.6 Å². The van der Waals surface area contributed by atoms with Crippen molar-refractivity contribution in [3.63, 3.8) is 0 Å². The molecule has 5 rings (SSSR count). The molecule has 0 bridgehead atoms. The second-order valence-electron chi connectivity index (χ2n) is 9.82. The van der Waals surface area contributed by atoms with Gasteiger partial charge in [-0.15, -0.1) is 11.8 Å². The van der Waals surface area contributed by atoms with Gasteiger partial charge in [-0.1, -0.05) is 29.8 Å². The number of ether oxygens (including phenoxy) is 2. The Balaban J connectivity index is 1.31. The Bertz CT molecular complexity index is 1760. The van der Waals surface area contributed by atoms with E-state index in [-0.39, 0.29) is 23.9 Å². The number of rotatable bonds is 10. The first-order chi connectivity index (χ1) is 21.7. The average Bonchev–Trinajstić information content (AvgIpc) is 3.34. The zero-order valence-electron chi connectivity index (χ0n) is 24.3. The number of nitrogens with one attached hydrogen (secondary N) is 2. The topological polar surface area (TPSA) is 114 Å². The fourth-order valence-electron chi connectivity index (χ4n) is 4.57. The molecule has 0 radical (unpaired) electrons. The summed E-state index contributed by atoms with van der Waals surface area (Å²) in [4.78, 5) is 54.1. The Morgan fingerprint density at radius 2 is 1.62 bits per heavy atom. The van der Waals surface area contributed by atoms with Crippen molar-refractivity contribution < 1.29 is 28.7 Å². The van der Waals surface area contributed by atoms with Gasteiger partial charge in [0.1, 0.15) is 17.2 Å². The van der Waals surface area contributed by atoms with E-state index in [1.807, 2.05) is 0 Å². The summed E-state index contributed by atoms with van der Waals surface area (Å²) in [7, 11) is 3.03. The summed E-state index contributed by atoms with van der Waals surface area (Å²) in [5.41, 5.74) is 1.86. The molecule has 2 N–H and O–H groups in total. The highest BCUT2D eigenvalue weighted by molar-refractivity contribution is 8.00. The van der Waals surface area contributed by atoms with Crippen LogP contribution in [0.1, 0.15) is 22.3 Å². The lowest BCUT2D eigenvalue weighted by molar-refractivity contribution is -0.121. The van der Waals surface area contributed by atoms with E-state index in [2.05, 4.69) is 10.6 Å². The zero-order valence-corrected chi connectivity index (χ0v) is 25.9. The fourth-order valence-corrected chi connectivity index (χ4v) is 5.75. The smallest absolute Gasteiger partial charge is 0.272 e. The molecule has 11 heteroatoms. The van der Waals surface area contributed by atoms with Crippen LogP contribution >= 0.6 is 23.4 Å². The lowest BCUT2D eigenvalue weighted by Gasteiger charge is -2.15. The number of amides is 4. The van der Waals surface area contributed by atoms with E-state index in [1.165, 1.54) is 37.0 Å². The van der Waals surface area contributed by atoms with Crippen LogP contribution in [0.3, 0.4) is 0 Å². The van der Waals surface area contributed by atoms with Crippen molar-refractivity contribution in [1.29, 1.82) is 0 Å². The van der Waals surface area contributed by atoms with Gasteiger partial charge in [0.2, 0.25) is 11.8 Å². The predicted octanol–water partition coefficient (Wildman–Crippen LogP) is 6.19. The quantitative estimate of drug-likeness (QED) is 0.157. The maximum Gasteiger partial charge on any atom is 0.272 e. The summed E-state index contributed by atoms with van der Waals surface area (Å²) < 4.78 is 10.7. The molecule has 45 heavy (non-hydrogen) atoms. The summed E-state index contributed by atoms with van der Waals surface area (Å²) in [6.07, 6.45) is 1.59. The van der Waals surface area contributed by atoms with Gasteiger partial charge in [0.25, 0.3) is 11.8 Å². The Morgan fingerprint density at radius 1 is 0.911 bits per heavy atom. The summed E-state index contributed by atoms with van der Waals surface area (Å²) in [6.45, 7) is 0. The van der Waals surface area contributed by atoms with Gasteiger partial charge in [-0.2, -0.15) is 0 Å². The minimum atomic E-state index is -0.587. The monoisotopic (exact) mass is 641 g/mol. The number of halogens is 1. The highest BCUT2D eigenvalue weighted by Gasteiger charge is 2.40. The molecule has 0 saturated carbocycles. The number of methoxy groups -OCH3 is 2. The third-order valence-corrected chi connectivity index (χ3v) is 8.30. The van der Waals surface area contributed by atoms with Crippen LogP contribution < -0.4 is 25.0 Å². The number of hydrogen-bond donors (Lipinski definition) is 2. The number of benzene rings is 4. The fraction of sp³-hybridized carbons (Fsp3) is 0.118. The second kappa shape index (κ2) is 14.1. The molecular weight excluding hydrogens is 614 g/mol. The maximum atomic E-state index is 13.5. The van der Waals surface area contributed by atoms with Crippen molar-refractivity contribution in [1.82, 2.24) is 5.32 Å². The van der Waals surface area contributed by atoms with Crippen molar-refractivity contribution >= 4 is 64.4 Å². The standard InChI is InChI=1S/C34H28ClN3O6S/c1-43-26-15-8-22(29(19-26)44-2)18-28(37-32(40)21-6-4-3-5-7-21)33(41)36-24-11-16-27(17-12-24)45-30-20-31(39)38(34(30)42)25-13-9-23(35)10-14-25/h3-19,30H,20H2,1-2H3,(H,36,41)(H,37,40)/b28-18-. The largest absolute Gasteiger partial charge is 0.497 e. The van der Waals surface area contributed by atoms with Crippen molar-refractivity contribution in [2.75, 3.05) is 24.4 Å². The van der Waals surface area contributed by atoms with Crippen molar-refractivity contribution in [2.24, 2.45) is 0 Å². The van der Waals surface area contributed by atoms with E-state index in [9.17, 15) is 19.2 Å². The summed E-state index contributed by atoms with van der Waals surface area (Å²) >= 11 is 7.22. The van der Waals surface area contributed by atoms with E-state index >= 15 is 0 Å². The molecule has 1 atom stereocenters. The summed E-state index contributed by atoms with van der Waals surface area (Å²) in [5, 5.41) is 5.45. The number of nitrogens with zero attached hydrogens (tertiary/aromatic N) is 1. The lowest BCUT2D eigenvalue weighted by Crippen LogP contribution is -2.31. The van der Waals surface area contributed by atoms with Crippen LogP contribution in [-0.4, -0.2) is 43.1 Å². The highest BCUT2D eigenvalue weighted by Crippen LogP contribution is 2.35. The third kappa shape index (κ3) is 7.54. The second-order valence-corrected chi connectivity index (χ2v) is 11.5. The Labute approximate surface area is 269 Å². The van der Waals surface area contributed by atoms with Gasteiger partial charge < -0.3 is 20.1 Å². The van der Waals surface area contributed by atoms with E-state index in [0.717, 1.165) is 4.90 Å². The van der Waals surface area contributed by atoms with Gasteiger partial charge in [-0.25, -0.2) is 4.90 Å². The molecule has 1 unspecified atom stereocenters. The molecule has 0 aromatic heterocycles. The summed E-state index contributed by atoms with van der Waals surface area (Å²) in [6, 6.07) is 27.1. The molecular formula is C34H28ClN3O6S. The van der Waals surface area contributed by atoms with Gasteiger partial charge in [0.05, 0.1) is 25.2 Å². The van der Waals surface area contributed by atoms with Crippen LogP contribution in [0.15, 0.2) is 108 Å². The number of carbonyl (C=O) groups is 4. The third-order valence-electron chi connectivity index (χ3n) is 6.85. The molecule has 4 amide bonds. The Hall–Kier alpha value is -5.06. The highest BCUT2D eigenvalue weighted by atomic mass is 35.5. The molecule has 9 nitrogen and oxygen atoms in total. The van der Waals surface area contributed by atoms with E-state index in [0.29, 0.717) is 39.0 Å². The first-order valence-corrected chi connectivity index (χ1v) is 15.0. The minimum absolute atomic E-state index is 0.0110. The van der Waals surface area contributed by atoms with E-state index in [1.54, 1.807) is 97.1 Å². The minimum Gasteiger partial charge on any atom is -0.497 e. The molecule has 0 aliphatic carbocycles.